The number of ether oxygens (including phenoxy) is 1. The lowest BCUT2D eigenvalue weighted by molar-refractivity contribution is -0.115. The van der Waals surface area contributed by atoms with Crippen LogP contribution in [0.2, 0.25) is 0 Å². The van der Waals surface area contributed by atoms with Crippen molar-refractivity contribution in [3.8, 4) is 0 Å². The highest BCUT2D eigenvalue weighted by Gasteiger charge is 2.28. The summed E-state index contributed by atoms with van der Waals surface area (Å²) >= 11 is 2.92. The van der Waals surface area contributed by atoms with Crippen LogP contribution in [0.15, 0.2) is 35.5 Å². The highest BCUT2D eigenvalue weighted by molar-refractivity contribution is 8.00. The number of nitrogens with zero attached hydrogens (tertiary/aromatic N) is 2. The van der Waals surface area contributed by atoms with Crippen LogP contribution in [0.4, 0.5) is 11.5 Å². The summed E-state index contributed by atoms with van der Waals surface area (Å²) < 4.78 is 5.98. The van der Waals surface area contributed by atoms with Gasteiger partial charge >= 0.3 is 0 Å². The lowest BCUT2D eigenvalue weighted by atomic mass is 9.96. The van der Waals surface area contributed by atoms with Gasteiger partial charge in [-0.25, -0.2) is 9.97 Å². The third kappa shape index (κ3) is 4.24. The molecule has 2 atom stereocenters. The molecule has 0 unspecified atom stereocenters. The number of thiophene rings is 1. The van der Waals surface area contributed by atoms with Crippen molar-refractivity contribution < 1.29 is 9.53 Å². The number of fused-ring (bicyclic) bond motifs is 3. The number of carbonyl (C=O) groups excluding carboxylic acids is 1. The van der Waals surface area contributed by atoms with Gasteiger partial charge in [-0.2, -0.15) is 0 Å². The largest absolute Gasteiger partial charge is 0.383 e. The van der Waals surface area contributed by atoms with E-state index >= 15 is 0 Å². The molecule has 29 heavy (non-hydrogen) atoms. The summed E-state index contributed by atoms with van der Waals surface area (Å²) in [4.78, 5) is 23.7. The number of nitrogen functional groups attached to an aromatic ring is 1. The summed E-state index contributed by atoms with van der Waals surface area (Å²) in [5.74, 6) is 0.830. The molecule has 0 saturated carbocycles. The van der Waals surface area contributed by atoms with E-state index in [4.69, 9.17) is 15.5 Å². The molecule has 1 aliphatic rings. The SMILES string of the molecule is CC(C)[C@@H]1Cc2c(sc3nc(S[C@@H](C)C(=O)Nc4ccccc4)nc(N)c23)CO1. The molecule has 6 nitrogen and oxygen atoms in total. The van der Waals surface area contributed by atoms with E-state index in [1.807, 2.05) is 37.3 Å². The standard InChI is InChI=1S/C21H24N4O2S2/c1-11(2)15-9-14-16(10-27-15)29-20-17(14)18(22)24-21(25-20)28-12(3)19(26)23-13-7-5-4-6-8-13/h4-8,11-12,15H,9-10H2,1-3H3,(H,23,26)(H2,22,24,25)/t12-,15-/m0/s1. The summed E-state index contributed by atoms with van der Waals surface area (Å²) in [6, 6.07) is 9.40. The van der Waals surface area contributed by atoms with Crippen LogP contribution in [-0.2, 0) is 22.6 Å². The topological polar surface area (TPSA) is 90.1 Å². The van der Waals surface area contributed by atoms with Crippen LogP contribution >= 0.6 is 23.1 Å². The van der Waals surface area contributed by atoms with Gasteiger partial charge in [0.15, 0.2) is 5.16 Å². The number of anilines is 2. The first kappa shape index (κ1) is 20.1. The molecule has 3 aromatic rings. The summed E-state index contributed by atoms with van der Waals surface area (Å²) in [6.45, 7) is 6.77. The van der Waals surface area contributed by atoms with Crippen molar-refractivity contribution >= 4 is 50.7 Å². The molecule has 2 aromatic heterocycles. The smallest absolute Gasteiger partial charge is 0.237 e. The minimum Gasteiger partial charge on any atom is -0.383 e. The van der Waals surface area contributed by atoms with E-state index in [9.17, 15) is 4.79 Å². The molecule has 0 spiro atoms. The highest BCUT2D eigenvalue weighted by Crippen LogP contribution is 2.39. The van der Waals surface area contributed by atoms with Crippen LogP contribution < -0.4 is 11.1 Å². The van der Waals surface area contributed by atoms with Gasteiger partial charge in [-0.15, -0.1) is 11.3 Å². The molecule has 0 radical (unpaired) electrons. The average molecular weight is 429 g/mol. The number of amides is 1. The number of thioether (sulfide) groups is 1. The molecule has 1 amide bonds. The van der Waals surface area contributed by atoms with Crippen molar-refractivity contribution in [3.05, 3.63) is 40.8 Å². The van der Waals surface area contributed by atoms with Gasteiger partial charge in [0.25, 0.3) is 0 Å². The average Bonchev–Trinajstić information content (AvgIpc) is 3.06. The third-order valence-corrected chi connectivity index (χ3v) is 7.07. The number of hydrogen-bond acceptors (Lipinski definition) is 7. The Bertz CT molecular complexity index is 1040. The zero-order valence-electron chi connectivity index (χ0n) is 16.6. The Morgan fingerprint density at radius 3 is 2.76 bits per heavy atom. The van der Waals surface area contributed by atoms with Crippen LogP contribution in [0, 0.1) is 5.92 Å². The predicted molar refractivity (Wildman–Crippen MR) is 119 cm³/mol. The van der Waals surface area contributed by atoms with Gasteiger partial charge in [0.2, 0.25) is 5.91 Å². The Labute approximate surface area is 178 Å². The number of aromatic nitrogens is 2. The number of carbonyl (C=O) groups is 1. The molecule has 0 aliphatic carbocycles. The number of benzene rings is 1. The lowest BCUT2D eigenvalue weighted by Crippen LogP contribution is -2.26. The molecular formula is C21H24N4O2S2. The number of hydrogen-bond donors (Lipinski definition) is 2. The summed E-state index contributed by atoms with van der Waals surface area (Å²) in [5, 5.41) is 4.02. The first-order valence-corrected chi connectivity index (χ1v) is 11.3. The molecule has 1 aromatic carbocycles. The number of nitrogens with one attached hydrogen (secondary N) is 1. The molecule has 4 rings (SSSR count). The number of rotatable bonds is 5. The van der Waals surface area contributed by atoms with E-state index in [0.29, 0.717) is 23.5 Å². The summed E-state index contributed by atoms with van der Waals surface area (Å²) in [5.41, 5.74) is 8.31. The van der Waals surface area contributed by atoms with E-state index in [0.717, 1.165) is 22.3 Å². The van der Waals surface area contributed by atoms with Gasteiger partial charge in [0, 0.05) is 17.0 Å². The van der Waals surface area contributed by atoms with Crippen molar-refractivity contribution in [1.82, 2.24) is 9.97 Å². The molecule has 1 aliphatic heterocycles. The Kier molecular flexibility index (Phi) is 5.76. The fourth-order valence-electron chi connectivity index (χ4n) is 3.34. The number of para-hydroxylation sites is 1. The van der Waals surface area contributed by atoms with Crippen molar-refractivity contribution in [2.45, 2.75) is 50.3 Å². The minimum absolute atomic E-state index is 0.0953. The van der Waals surface area contributed by atoms with Gasteiger partial charge in [-0.1, -0.05) is 43.8 Å². The second-order valence-electron chi connectivity index (χ2n) is 7.49. The normalized spacial score (nSPS) is 17.3. The van der Waals surface area contributed by atoms with Crippen molar-refractivity contribution in [1.29, 1.82) is 0 Å². The Morgan fingerprint density at radius 1 is 1.28 bits per heavy atom. The van der Waals surface area contributed by atoms with E-state index in [-0.39, 0.29) is 17.3 Å². The molecular weight excluding hydrogens is 404 g/mol. The maximum atomic E-state index is 12.5. The second kappa shape index (κ2) is 8.30. The quantitative estimate of drug-likeness (QED) is 0.460. The maximum Gasteiger partial charge on any atom is 0.237 e. The summed E-state index contributed by atoms with van der Waals surface area (Å²) in [6.07, 6.45) is 1.03. The zero-order chi connectivity index (χ0) is 20.5. The second-order valence-corrected chi connectivity index (χ2v) is 9.88. The fourth-order valence-corrected chi connectivity index (χ4v) is 5.31. The monoisotopic (exact) mass is 428 g/mol. The van der Waals surface area contributed by atoms with E-state index in [2.05, 4.69) is 24.1 Å². The molecule has 0 fully saturated rings. The first-order valence-electron chi connectivity index (χ1n) is 9.64. The molecule has 0 bridgehead atoms. The van der Waals surface area contributed by atoms with E-state index in [1.165, 1.54) is 22.2 Å². The fraction of sp³-hybridized carbons (Fsp3) is 0.381. The zero-order valence-corrected chi connectivity index (χ0v) is 18.3. The van der Waals surface area contributed by atoms with Gasteiger partial charge in [-0.05, 0) is 30.5 Å². The molecule has 152 valence electrons. The van der Waals surface area contributed by atoms with Crippen LogP contribution in [0.5, 0.6) is 0 Å². The van der Waals surface area contributed by atoms with Crippen LogP contribution in [0.3, 0.4) is 0 Å². The first-order chi connectivity index (χ1) is 13.9. The Balaban J connectivity index is 1.54. The molecule has 8 heteroatoms. The van der Waals surface area contributed by atoms with Gasteiger partial charge in [0.05, 0.1) is 23.3 Å². The predicted octanol–water partition coefficient (Wildman–Crippen LogP) is 4.49. The number of nitrogens with two attached hydrogens (primary N) is 1. The van der Waals surface area contributed by atoms with E-state index < -0.39 is 0 Å². The van der Waals surface area contributed by atoms with Crippen LogP contribution in [0.25, 0.3) is 10.2 Å². The third-order valence-electron chi connectivity index (χ3n) is 5.01. The molecule has 0 saturated heterocycles. The lowest BCUT2D eigenvalue weighted by Gasteiger charge is -2.26. The highest BCUT2D eigenvalue weighted by atomic mass is 32.2. The van der Waals surface area contributed by atoms with Gasteiger partial charge in [0.1, 0.15) is 10.6 Å². The Morgan fingerprint density at radius 2 is 2.03 bits per heavy atom. The van der Waals surface area contributed by atoms with Crippen LogP contribution in [-0.4, -0.2) is 27.2 Å². The van der Waals surface area contributed by atoms with Gasteiger partial charge < -0.3 is 15.8 Å². The Hall–Kier alpha value is -2.16. The molecule has 3 heterocycles. The minimum atomic E-state index is -0.352. The maximum absolute atomic E-state index is 12.5. The van der Waals surface area contributed by atoms with Crippen molar-refractivity contribution in [2.75, 3.05) is 11.1 Å². The summed E-state index contributed by atoms with van der Waals surface area (Å²) in [7, 11) is 0. The van der Waals surface area contributed by atoms with Crippen molar-refractivity contribution in [2.24, 2.45) is 5.92 Å². The van der Waals surface area contributed by atoms with Crippen molar-refractivity contribution in [3.63, 3.8) is 0 Å². The van der Waals surface area contributed by atoms with Gasteiger partial charge in [-0.3, -0.25) is 4.79 Å². The van der Waals surface area contributed by atoms with E-state index in [1.54, 1.807) is 11.3 Å². The van der Waals surface area contributed by atoms with Crippen LogP contribution in [0.1, 0.15) is 31.2 Å². The molecule has 3 N–H and O–H groups in total.